The number of benzene rings is 3. The van der Waals surface area contributed by atoms with Crippen LogP contribution in [0.15, 0.2) is 90.6 Å². The summed E-state index contributed by atoms with van der Waals surface area (Å²) in [4.78, 5) is 40.4. The minimum Gasteiger partial charge on any atom is -0.457 e. The summed E-state index contributed by atoms with van der Waals surface area (Å²) in [6.45, 7) is 3.74. The molecular formula is C30H29ClN2O4. The highest BCUT2D eigenvalue weighted by molar-refractivity contribution is 6.33. The lowest BCUT2D eigenvalue weighted by molar-refractivity contribution is -0.147. The molecular weight excluding hydrogens is 488 g/mol. The summed E-state index contributed by atoms with van der Waals surface area (Å²) in [6.07, 6.45) is 1.40. The van der Waals surface area contributed by atoms with Crippen LogP contribution in [0.4, 0.5) is 5.69 Å². The van der Waals surface area contributed by atoms with Crippen molar-refractivity contribution in [3.8, 4) is 0 Å². The average molecular weight is 517 g/mol. The van der Waals surface area contributed by atoms with Gasteiger partial charge in [-0.1, -0.05) is 86.1 Å². The Bertz CT molecular complexity index is 1350. The van der Waals surface area contributed by atoms with Gasteiger partial charge in [0.15, 0.2) is 12.4 Å². The predicted octanol–water partition coefficient (Wildman–Crippen LogP) is 5.63. The van der Waals surface area contributed by atoms with Crippen molar-refractivity contribution in [2.24, 2.45) is 0 Å². The lowest BCUT2D eigenvalue weighted by Crippen LogP contribution is -2.31. The van der Waals surface area contributed by atoms with Gasteiger partial charge in [-0.25, -0.2) is 0 Å². The van der Waals surface area contributed by atoms with Crippen LogP contribution in [-0.4, -0.2) is 31.3 Å². The van der Waals surface area contributed by atoms with Gasteiger partial charge in [0.25, 0.3) is 5.91 Å². The van der Waals surface area contributed by atoms with Gasteiger partial charge in [0.1, 0.15) is 0 Å². The molecule has 1 N–H and O–H groups in total. The Kier molecular flexibility index (Phi) is 7.79. The summed E-state index contributed by atoms with van der Waals surface area (Å²) in [5.74, 6) is -1.31. The molecule has 6 nitrogen and oxygen atoms in total. The lowest BCUT2D eigenvalue weighted by Gasteiger charge is -2.24. The molecule has 3 aromatic rings. The van der Waals surface area contributed by atoms with E-state index in [4.69, 9.17) is 16.3 Å². The number of nitrogens with zero attached hydrogens (tertiary/aromatic N) is 1. The molecule has 1 aliphatic heterocycles. The first kappa shape index (κ1) is 26.2. The molecule has 0 bridgehead atoms. The molecule has 4 rings (SSSR count). The maximum absolute atomic E-state index is 12.9. The van der Waals surface area contributed by atoms with E-state index in [2.05, 4.69) is 25.2 Å². The van der Waals surface area contributed by atoms with E-state index in [-0.39, 0.29) is 24.2 Å². The van der Waals surface area contributed by atoms with Gasteiger partial charge in [-0.05, 0) is 29.3 Å². The number of ether oxygens (including phenoxy) is 1. The molecule has 0 unspecified atom stereocenters. The maximum Gasteiger partial charge on any atom is 0.308 e. The number of likely N-dealkylation sites (N-methyl/N-ethyl adjacent to an activating group) is 1. The number of fused-ring (bicyclic) bond motifs is 1. The molecule has 0 spiro atoms. The second kappa shape index (κ2) is 11.0. The number of allylic oxidation sites excluding steroid dienone is 1. The van der Waals surface area contributed by atoms with Crippen molar-refractivity contribution in [1.29, 1.82) is 0 Å². The van der Waals surface area contributed by atoms with Gasteiger partial charge >= 0.3 is 5.97 Å². The van der Waals surface area contributed by atoms with Gasteiger partial charge in [-0.15, -0.1) is 0 Å². The van der Waals surface area contributed by atoms with Crippen LogP contribution in [0.2, 0.25) is 5.02 Å². The molecule has 3 aromatic carbocycles. The van der Waals surface area contributed by atoms with Gasteiger partial charge in [0.05, 0.1) is 23.0 Å². The Balaban J connectivity index is 1.42. The number of carbonyl (C=O) groups excluding carboxylic acids is 3. The van der Waals surface area contributed by atoms with E-state index in [9.17, 15) is 14.4 Å². The van der Waals surface area contributed by atoms with Gasteiger partial charge in [-0.2, -0.15) is 0 Å². The number of esters is 1. The summed E-state index contributed by atoms with van der Waals surface area (Å²) in [7, 11) is 1.92. The summed E-state index contributed by atoms with van der Waals surface area (Å²) < 4.78 is 5.33. The van der Waals surface area contributed by atoms with Crippen molar-refractivity contribution in [1.82, 2.24) is 5.32 Å². The molecule has 190 valence electrons. The number of rotatable bonds is 8. The maximum atomic E-state index is 12.9. The van der Waals surface area contributed by atoms with Gasteiger partial charge in [-0.3, -0.25) is 14.4 Å². The van der Waals surface area contributed by atoms with Gasteiger partial charge < -0.3 is 15.0 Å². The highest BCUT2D eigenvalue weighted by Crippen LogP contribution is 2.46. The molecule has 1 aliphatic rings. The highest BCUT2D eigenvalue weighted by Gasteiger charge is 2.38. The van der Waals surface area contributed by atoms with E-state index in [1.165, 1.54) is 0 Å². The van der Waals surface area contributed by atoms with Crippen LogP contribution in [0.3, 0.4) is 0 Å². The third kappa shape index (κ3) is 5.75. The predicted molar refractivity (Wildman–Crippen MR) is 145 cm³/mol. The largest absolute Gasteiger partial charge is 0.457 e. The van der Waals surface area contributed by atoms with Crippen LogP contribution in [-0.2, 0) is 19.7 Å². The molecule has 1 atom stereocenters. The van der Waals surface area contributed by atoms with E-state index in [0.717, 1.165) is 22.5 Å². The summed E-state index contributed by atoms with van der Waals surface area (Å²) in [5, 5.41) is 3.18. The van der Waals surface area contributed by atoms with Crippen LogP contribution < -0.4 is 10.2 Å². The van der Waals surface area contributed by atoms with E-state index < -0.39 is 17.9 Å². The summed E-state index contributed by atoms with van der Waals surface area (Å²) >= 11 is 6.17. The molecule has 0 fully saturated rings. The number of nitrogens with one attached hydrogen (secondary N) is 1. The number of hydrogen-bond donors (Lipinski definition) is 1. The SMILES string of the molecule is CN1/C(=C/C(=O)COC(=O)C[C@H](NC(=O)c2ccccc2Cl)c2ccccc2)C(C)(C)c2ccccc21. The number of amides is 1. The lowest BCUT2D eigenvalue weighted by atomic mass is 9.83. The molecule has 1 amide bonds. The molecule has 7 heteroatoms. The third-order valence-electron chi connectivity index (χ3n) is 6.61. The fraction of sp³-hybridized carbons (Fsp3) is 0.233. The zero-order chi connectivity index (χ0) is 26.6. The van der Waals surface area contributed by atoms with Crippen LogP contribution in [0.5, 0.6) is 0 Å². The fourth-order valence-corrected chi connectivity index (χ4v) is 4.87. The molecule has 0 saturated heterocycles. The van der Waals surface area contributed by atoms with E-state index in [1.54, 1.807) is 30.3 Å². The molecule has 0 radical (unpaired) electrons. The standard InChI is InChI=1S/C30H29ClN2O4/c1-30(2)23-14-8-10-16-26(23)33(3)27(30)17-21(34)19-37-28(35)18-25(20-11-5-4-6-12-20)32-29(36)22-13-7-9-15-24(22)31/h4-17,25H,18-19H2,1-3H3,(H,32,36)/b27-17+/t25-/m0/s1. The Morgan fingerprint density at radius 3 is 2.32 bits per heavy atom. The number of ketones is 1. The second-order valence-corrected chi connectivity index (χ2v) is 9.89. The van der Waals surface area contributed by atoms with E-state index in [1.807, 2.05) is 60.5 Å². The van der Waals surface area contributed by atoms with Crippen molar-refractivity contribution in [3.05, 3.63) is 112 Å². The summed E-state index contributed by atoms with van der Waals surface area (Å²) in [5.41, 5.74) is 3.71. The second-order valence-electron chi connectivity index (χ2n) is 9.48. The highest BCUT2D eigenvalue weighted by atomic mass is 35.5. The van der Waals surface area contributed by atoms with Crippen LogP contribution in [0.25, 0.3) is 0 Å². The van der Waals surface area contributed by atoms with E-state index in [0.29, 0.717) is 10.6 Å². The van der Waals surface area contributed by atoms with E-state index >= 15 is 0 Å². The molecule has 37 heavy (non-hydrogen) atoms. The molecule has 0 aromatic heterocycles. The summed E-state index contributed by atoms with van der Waals surface area (Å²) in [6, 6.07) is 23.2. The smallest absolute Gasteiger partial charge is 0.308 e. The monoisotopic (exact) mass is 516 g/mol. The van der Waals surface area contributed by atoms with Crippen molar-refractivity contribution >= 4 is 34.9 Å². The third-order valence-corrected chi connectivity index (χ3v) is 6.94. The quantitative estimate of drug-likeness (QED) is 0.310. The minimum absolute atomic E-state index is 0.138. The number of hydrogen-bond acceptors (Lipinski definition) is 5. The van der Waals surface area contributed by atoms with Crippen LogP contribution >= 0.6 is 11.6 Å². The first-order valence-electron chi connectivity index (χ1n) is 12.0. The molecule has 0 aliphatic carbocycles. The fourth-order valence-electron chi connectivity index (χ4n) is 4.65. The molecule has 1 heterocycles. The number of para-hydroxylation sites is 1. The first-order valence-corrected chi connectivity index (χ1v) is 12.4. The van der Waals surface area contributed by atoms with Gasteiger partial charge in [0.2, 0.25) is 0 Å². The average Bonchev–Trinajstić information content (AvgIpc) is 3.08. The van der Waals surface area contributed by atoms with Gasteiger partial charge in [0, 0.05) is 29.9 Å². The normalized spacial score (nSPS) is 15.7. The Labute approximate surface area is 221 Å². The molecule has 0 saturated carbocycles. The van der Waals surface area contributed by atoms with Crippen molar-refractivity contribution in [2.75, 3.05) is 18.6 Å². The number of halogens is 1. The zero-order valence-electron chi connectivity index (χ0n) is 21.0. The number of anilines is 1. The Morgan fingerprint density at radius 1 is 0.973 bits per heavy atom. The van der Waals surface area contributed by atoms with Crippen molar-refractivity contribution < 1.29 is 19.1 Å². The first-order chi connectivity index (χ1) is 17.7. The minimum atomic E-state index is -0.652. The Morgan fingerprint density at radius 2 is 1.62 bits per heavy atom. The van der Waals surface area contributed by atoms with Crippen molar-refractivity contribution in [3.63, 3.8) is 0 Å². The topological polar surface area (TPSA) is 75.7 Å². The Hall–Kier alpha value is -3.90. The van der Waals surface area contributed by atoms with Crippen LogP contribution in [0.1, 0.15) is 47.8 Å². The van der Waals surface area contributed by atoms with Crippen molar-refractivity contribution in [2.45, 2.75) is 31.7 Å². The number of carbonyl (C=O) groups is 3. The zero-order valence-corrected chi connectivity index (χ0v) is 21.8. The van der Waals surface area contributed by atoms with Crippen LogP contribution in [0, 0.1) is 0 Å².